The number of benzene rings is 1. The van der Waals surface area contributed by atoms with Gasteiger partial charge >= 0.3 is 5.97 Å². The molecule has 110 valence electrons. The average Bonchev–Trinajstić information content (AvgIpc) is 2.34. The minimum absolute atomic E-state index is 0.120. The zero-order valence-corrected chi connectivity index (χ0v) is 11.5. The van der Waals surface area contributed by atoms with Crippen LogP contribution in [0.3, 0.4) is 0 Å². The molecule has 1 rings (SSSR count). The Balaban J connectivity index is 2.68. The van der Waals surface area contributed by atoms with Gasteiger partial charge in [-0.3, -0.25) is 0 Å². The van der Waals surface area contributed by atoms with Crippen LogP contribution in [0.2, 0.25) is 0 Å². The first-order chi connectivity index (χ1) is 9.23. The second-order valence-electron chi connectivity index (χ2n) is 5.01. The van der Waals surface area contributed by atoms with E-state index in [2.05, 4.69) is 5.16 Å². The quantitative estimate of drug-likeness (QED) is 0.288. The highest BCUT2D eigenvalue weighted by atomic mass is 19.1. The molecular formula is C13H17FN2O4. The molecule has 0 saturated carbocycles. The third-order valence-corrected chi connectivity index (χ3v) is 2.10. The molecule has 0 bridgehead atoms. The molecule has 0 amide bonds. The lowest BCUT2D eigenvalue weighted by molar-refractivity contribution is -0.157. The fraction of sp³-hybridized carbons (Fsp3) is 0.385. The molecule has 20 heavy (non-hydrogen) atoms. The number of amidine groups is 1. The number of hydrogen-bond donors (Lipinski definition) is 2. The van der Waals surface area contributed by atoms with Crippen molar-refractivity contribution < 1.29 is 23.9 Å². The number of rotatable bonds is 4. The highest BCUT2D eigenvalue weighted by Crippen LogP contribution is 2.18. The fourth-order valence-electron chi connectivity index (χ4n) is 1.34. The van der Waals surface area contributed by atoms with Gasteiger partial charge in [0.25, 0.3) is 0 Å². The first kappa shape index (κ1) is 15.7. The van der Waals surface area contributed by atoms with Crippen LogP contribution >= 0.6 is 0 Å². The Morgan fingerprint density at radius 1 is 1.45 bits per heavy atom. The zero-order valence-electron chi connectivity index (χ0n) is 11.5. The van der Waals surface area contributed by atoms with Crippen molar-refractivity contribution >= 4 is 11.8 Å². The summed E-state index contributed by atoms with van der Waals surface area (Å²) in [6.45, 7) is 4.75. The van der Waals surface area contributed by atoms with E-state index in [9.17, 15) is 9.18 Å². The largest absolute Gasteiger partial charge is 0.479 e. The van der Waals surface area contributed by atoms with Crippen molar-refractivity contribution in [2.24, 2.45) is 10.9 Å². The van der Waals surface area contributed by atoms with Gasteiger partial charge < -0.3 is 20.4 Å². The molecule has 3 N–H and O–H groups in total. The summed E-state index contributed by atoms with van der Waals surface area (Å²) < 4.78 is 23.7. The molecule has 7 heteroatoms. The molecule has 0 aliphatic carbocycles. The number of nitrogens with zero attached hydrogens (tertiary/aromatic N) is 1. The maximum atomic E-state index is 13.7. The monoisotopic (exact) mass is 284 g/mol. The van der Waals surface area contributed by atoms with Crippen molar-refractivity contribution in [2.75, 3.05) is 6.61 Å². The van der Waals surface area contributed by atoms with Gasteiger partial charge in [-0.25, -0.2) is 9.18 Å². The number of esters is 1. The van der Waals surface area contributed by atoms with Crippen molar-refractivity contribution in [3.05, 3.63) is 29.6 Å². The standard InChI is InChI=1S/C13H17FN2O4/c1-13(2,3)20-11(17)7-19-10-5-4-8(6-9(10)14)12(15)16-18/h4-6,18H,7H2,1-3H3,(H2,15,16). The highest BCUT2D eigenvalue weighted by molar-refractivity contribution is 5.97. The smallest absolute Gasteiger partial charge is 0.344 e. The second-order valence-corrected chi connectivity index (χ2v) is 5.01. The lowest BCUT2D eigenvalue weighted by atomic mass is 10.2. The van der Waals surface area contributed by atoms with Gasteiger partial charge in [0.05, 0.1) is 0 Å². The normalized spacial score (nSPS) is 12.1. The number of halogens is 1. The summed E-state index contributed by atoms with van der Waals surface area (Å²) in [5, 5.41) is 11.2. The maximum absolute atomic E-state index is 13.7. The zero-order chi connectivity index (χ0) is 15.3. The van der Waals surface area contributed by atoms with Crippen LogP contribution in [0.25, 0.3) is 0 Å². The summed E-state index contributed by atoms with van der Waals surface area (Å²) in [4.78, 5) is 11.4. The van der Waals surface area contributed by atoms with E-state index in [1.807, 2.05) is 0 Å². The van der Waals surface area contributed by atoms with Crippen LogP contribution in [0.4, 0.5) is 4.39 Å². The van der Waals surface area contributed by atoms with Crippen LogP contribution < -0.4 is 10.5 Å². The Hall–Kier alpha value is -2.31. The summed E-state index contributed by atoms with van der Waals surface area (Å²) in [6, 6.07) is 3.73. The van der Waals surface area contributed by atoms with E-state index < -0.39 is 24.0 Å². The lowest BCUT2D eigenvalue weighted by Crippen LogP contribution is -2.27. The molecule has 0 fully saturated rings. The molecule has 1 aromatic carbocycles. The molecule has 0 unspecified atom stereocenters. The molecule has 0 aliphatic rings. The number of ether oxygens (including phenoxy) is 2. The SMILES string of the molecule is CC(C)(C)OC(=O)COc1ccc(/C(N)=N/O)cc1F. The van der Waals surface area contributed by atoms with E-state index in [4.69, 9.17) is 20.4 Å². The molecule has 6 nitrogen and oxygen atoms in total. The van der Waals surface area contributed by atoms with Crippen LogP contribution in [-0.4, -0.2) is 29.2 Å². The predicted octanol–water partition coefficient (Wildman–Crippen LogP) is 1.64. The van der Waals surface area contributed by atoms with Crippen LogP contribution in [0.1, 0.15) is 26.3 Å². The summed E-state index contributed by atoms with van der Waals surface area (Å²) in [5.74, 6) is -1.66. The van der Waals surface area contributed by atoms with Gasteiger partial charge in [0, 0.05) is 5.56 Å². The number of carbonyl (C=O) groups excluding carboxylic acids is 1. The Kier molecular flexibility index (Phi) is 4.90. The maximum Gasteiger partial charge on any atom is 0.344 e. The Morgan fingerprint density at radius 2 is 2.10 bits per heavy atom. The number of nitrogens with two attached hydrogens (primary N) is 1. The second kappa shape index (κ2) is 6.23. The molecule has 0 aliphatic heterocycles. The van der Waals surface area contributed by atoms with E-state index in [1.165, 1.54) is 12.1 Å². The van der Waals surface area contributed by atoms with Crippen molar-refractivity contribution in [1.29, 1.82) is 0 Å². The van der Waals surface area contributed by atoms with Crippen molar-refractivity contribution in [2.45, 2.75) is 26.4 Å². The topological polar surface area (TPSA) is 94.1 Å². The van der Waals surface area contributed by atoms with Crippen molar-refractivity contribution in [3.63, 3.8) is 0 Å². The van der Waals surface area contributed by atoms with E-state index in [1.54, 1.807) is 20.8 Å². The van der Waals surface area contributed by atoms with Gasteiger partial charge in [-0.05, 0) is 39.0 Å². The van der Waals surface area contributed by atoms with E-state index in [0.717, 1.165) is 6.07 Å². The molecular weight excluding hydrogens is 267 g/mol. The van der Waals surface area contributed by atoms with E-state index >= 15 is 0 Å². The minimum atomic E-state index is -0.724. The van der Waals surface area contributed by atoms with Gasteiger partial charge in [-0.2, -0.15) is 0 Å². The minimum Gasteiger partial charge on any atom is -0.479 e. The number of hydrogen-bond acceptors (Lipinski definition) is 5. The third kappa shape index (κ3) is 4.75. The highest BCUT2D eigenvalue weighted by Gasteiger charge is 2.17. The van der Waals surface area contributed by atoms with Gasteiger partial charge in [0.1, 0.15) is 5.60 Å². The van der Waals surface area contributed by atoms with Crippen LogP contribution in [0.5, 0.6) is 5.75 Å². The predicted molar refractivity (Wildman–Crippen MR) is 70.3 cm³/mol. The fourth-order valence-corrected chi connectivity index (χ4v) is 1.34. The van der Waals surface area contributed by atoms with E-state index in [0.29, 0.717) is 0 Å². The Morgan fingerprint density at radius 3 is 2.60 bits per heavy atom. The molecule has 0 saturated heterocycles. The number of oxime groups is 1. The Bertz CT molecular complexity index is 524. The van der Waals surface area contributed by atoms with Crippen molar-refractivity contribution in [3.8, 4) is 5.75 Å². The third-order valence-electron chi connectivity index (χ3n) is 2.10. The van der Waals surface area contributed by atoms with Crippen molar-refractivity contribution in [1.82, 2.24) is 0 Å². The van der Waals surface area contributed by atoms with Crippen LogP contribution in [0, 0.1) is 5.82 Å². The van der Waals surface area contributed by atoms with Crippen LogP contribution in [0.15, 0.2) is 23.4 Å². The Labute approximate surface area is 116 Å². The van der Waals surface area contributed by atoms with Gasteiger partial charge in [0.2, 0.25) is 0 Å². The summed E-state index contributed by atoms with van der Waals surface area (Å²) in [7, 11) is 0. The van der Waals surface area contributed by atoms with Gasteiger partial charge in [-0.1, -0.05) is 5.16 Å². The first-order valence-corrected chi connectivity index (χ1v) is 5.85. The lowest BCUT2D eigenvalue weighted by Gasteiger charge is -2.19. The molecule has 0 spiro atoms. The molecule has 1 aromatic rings. The summed E-state index contributed by atoms with van der Waals surface area (Å²) in [5.41, 5.74) is 4.90. The number of carbonyl (C=O) groups is 1. The van der Waals surface area contributed by atoms with Gasteiger partial charge in [-0.15, -0.1) is 0 Å². The summed E-state index contributed by atoms with van der Waals surface area (Å²) >= 11 is 0. The van der Waals surface area contributed by atoms with Gasteiger partial charge in [0.15, 0.2) is 24.0 Å². The molecule has 0 radical (unpaired) electrons. The summed E-state index contributed by atoms with van der Waals surface area (Å²) in [6.07, 6.45) is 0. The molecule has 0 atom stereocenters. The van der Waals surface area contributed by atoms with Crippen LogP contribution in [-0.2, 0) is 9.53 Å². The average molecular weight is 284 g/mol. The van der Waals surface area contributed by atoms with E-state index in [-0.39, 0.29) is 17.1 Å². The first-order valence-electron chi connectivity index (χ1n) is 5.85. The molecule has 0 heterocycles. The molecule has 0 aromatic heterocycles.